The van der Waals surface area contributed by atoms with Crippen LogP contribution in [0, 0.1) is 11.8 Å². The second-order valence-corrected chi connectivity index (χ2v) is 3.99. The molecule has 0 aromatic carbocycles. The zero-order valence-electron chi connectivity index (χ0n) is 8.34. The summed E-state index contributed by atoms with van der Waals surface area (Å²) in [6, 6.07) is 0. The van der Waals surface area contributed by atoms with Crippen molar-refractivity contribution in [2.75, 3.05) is 13.1 Å². The van der Waals surface area contributed by atoms with Gasteiger partial charge in [0.1, 0.15) is 0 Å². The SMILES string of the molecule is CCC(C)C(=O)N1CCC(C)C1. The third-order valence-electron chi connectivity index (χ3n) is 2.77. The van der Waals surface area contributed by atoms with Crippen LogP contribution in [0.2, 0.25) is 0 Å². The Morgan fingerprint density at radius 1 is 1.67 bits per heavy atom. The lowest BCUT2D eigenvalue weighted by molar-refractivity contribution is -0.134. The van der Waals surface area contributed by atoms with E-state index in [1.807, 2.05) is 11.8 Å². The minimum atomic E-state index is 0.218. The Morgan fingerprint density at radius 3 is 2.75 bits per heavy atom. The van der Waals surface area contributed by atoms with E-state index in [9.17, 15) is 4.79 Å². The highest BCUT2D eigenvalue weighted by molar-refractivity contribution is 5.78. The van der Waals surface area contributed by atoms with Crippen molar-refractivity contribution in [3.8, 4) is 0 Å². The fourth-order valence-electron chi connectivity index (χ4n) is 1.62. The average Bonchev–Trinajstić information content (AvgIpc) is 2.49. The Bertz CT molecular complexity index is 167. The van der Waals surface area contributed by atoms with Gasteiger partial charge in [-0.05, 0) is 18.8 Å². The molecule has 0 N–H and O–H groups in total. The largest absolute Gasteiger partial charge is 0.342 e. The van der Waals surface area contributed by atoms with Crippen molar-refractivity contribution >= 4 is 5.91 Å². The summed E-state index contributed by atoms with van der Waals surface area (Å²) in [7, 11) is 0. The number of hydrogen-bond acceptors (Lipinski definition) is 1. The minimum absolute atomic E-state index is 0.218. The second kappa shape index (κ2) is 3.92. The van der Waals surface area contributed by atoms with Gasteiger partial charge in [-0.25, -0.2) is 0 Å². The van der Waals surface area contributed by atoms with Crippen molar-refractivity contribution < 1.29 is 4.79 Å². The van der Waals surface area contributed by atoms with E-state index in [2.05, 4.69) is 13.8 Å². The molecule has 1 aliphatic rings. The molecular formula is C10H19NO. The molecule has 12 heavy (non-hydrogen) atoms. The van der Waals surface area contributed by atoms with Crippen LogP contribution in [-0.4, -0.2) is 23.9 Å². The van der Waals surface area contributed by atoms with Crippen LogP contribution >= 0.6 is 0 Å². The monoisotopic (exact) mass is 169 g/mol. The van der Waals surface area contributed by atoms with Gasteiger partial charge in [0.05, 0.1) is 0 Å². The van der Waals surface area contributed by atoms with Gasteiger partial charge in [0.2, 0.25) is 5.91 Å². The molecule has 0 aromatic heterocycles. The molecule has 0 aromatic rings. The van der Waals surface area contributed by atoms with Crippen molar-refractivity contribution in [1.82, 2.24) is 4.90 Å². The van der Waals surface area contributed by atoms with Gasteiger partial charge in [-0.15, -0.1) is 0 Å². The highest BCUT2D eigenvalue weighted by atomic mass is 16.2. The van der Waals surface area contributed by atoms with E-state index in [0.29, 0.717) is 11.8 Å². The van der Waals surface area contributed by atoms with Gasteiger partial charge in [-0.1, -0.05) is 20.8 Å². The lowest BCUT2D eigenvalue weighted by Gasteiger charge is -2.19. The lowest BCUT2D eigenvalue weighted by Crippen LogP contribution is -2.32. The van der Waals surface area contributed by atoms with E-state index in [0.717, 1.165) is 19.5 Å². The van der Waals surface area contributed by atoms with Crippen LogP contribution in [0.15, 0.2) is 0 Å². The third-order valence-corrected chi connectivity index (χ3v) is 2.77. The molecule has 1 aliphatic heterocycles. The molecule has 1 saturated heterocycles. The van der Waals surface area contributed by atoms with Crippen LogP contribution in [0.5, 0.6) is 0 Å². The minimum Gasteiger partial charge on any atom is -0.342 e. The molecule has 0 saturated carbocycles. The van der Waals surface area contributed by atoms with E-state index in [1.165, 1.54) is 6.42 Å². The molecule has 2 atom stereocenters. The molecule has 0 radical (unpaired) electrons. The van der Waals surface area contributed by atoms with E-state index in [-0.39, 0.29) is 5.92 Å². The van der Waals surface area contributed by atoms with Crippen molar-refractivity contribution in [3.05, 3.63) is 0 Å². The molecule has 0 aliphatic carbocycles. The summed E-state index contributed by atoms with van der Waals surface area (Å²) in [6.07, 6.45) is 2.14. The predicted octanol–water partition coefficient (Wildman–Crippen LogP) is 1.90. The van der Waals surface area contributed by atoms with Gasteiger partial charge in [0, 0.05) is 19.0 Å². The fourth-order valence-corrected chi connectivity index (χ4v) is 1.62. The molecule has 0 spiro atoms. The standard InChI is InChI=1S/C10H19NO/c1-4-9(3)10(12)11-6-5-8(2)7-11/h8-9H,4-7H2,1-3H3. The van der Waals surface area contributed by atoms with Gasteiger partial charge in [-0.2, -0.15) is 0 Å². The molecule has 1 amide bonds. The molecule has 1 heterocycles. The Morgan fingerprint density at radius 2 is 2.33 bits per heavy atom. The van der Waals surface area contributed by atoms with Gasteiger partial charge in [0.15, 0.2) is 0 Å². The number of nitrogens with zero attached hydrogens (tertiary/aromatic N) is 1. The molecule has 2 nitrogen and oxygen atoms in total. The summed E-state index contributed by atoms with van der Waals surface area (Å²) in [4.78, 5) is 13.7. The maximum Gasteiger partial charge on any atom is 0.225 e. The Kier molecular flexibility index (Phi) is 3.12. The summed E-state index contributed by atoms with van der Waals surface area (Å²) < 4.78 is 0. The van der Waals surface area contributed by atoms with E-state index < -0.39 is 0 Å². The summed E-state index contributed by atoms with van der Waals surface area (Å²) >= 11 is 0. The first-order chi connectivity index (χ1) is 5.65. The van der Waals surface area contributed by atoms with E-state index in [1.54, 1.807) is 0 Å². The van der Waals surface area contributed by atoms with E-state index in [4.69, 9.17) is 0 Å². The van der Waals surface area contributed by atoms with Gasteiger partial charge in [0.25, 0.3) is 0 Å². The summed E-state index contributed by atoms with van der Waals surface area (Å²) in [5.41, 5.74) is 0. The topological polar surface area (TPSA) is 20.3 Å². The highest BCUT2D eigenvalue weighted by Gasteiger charge is 2.25. The predicted molar refractivity (Wildman–Crippen MR) is 49.8 cm³/mol. The number of carbonyl (C=O) groups excluding carboxylic acids is 1. The second-order valence-electron chi connectivity index (χ2n) is 3.99. The summed E-state index contributed by atoms with van der Waals surface area (Å²) in [6.45, 7) is 8.25. The van der Waals surface area contributed by atoms with Crippen molar-refractivity contribution in [2.24, 2.45) is 11.8 Å². The van der Waals surface area contributed by atoms with Gasteiger partial charge >= 0.3 is 0 Å². The van der Waals surface area contributed by atoms with Crippen molar-refractivity contribution in [2.45, 2.75) is 33.6 Å². The van der Waals surface area contributed by atoms with Crippen molar-refractivity contribution in [1.29, 1.82) is 0 Å². The first-order valence-corrected chi connectivity index (χ1v) is 4.94. The smallest absolute Gasteiger partial charge is 0.225 e. The first kappa shape index (κ1) is 9.56. The molecule has 1 fully saturated rings. The molecule has 2 heteroatoms. The van der Waals surface area contributed by atoms with Gasteiger partial charge < -0.3 is 4.90 Å². The number of rotatable bonds is 2. The quantitative estimate of drug-likeness (QED) is 0.618. The van der Waals surface area contributed by atoms with Gasteiger partial charge in [-0.3, -0.25) is 4.79 Å². The van der Waals surface area contributed by atoms with Crippen LogP contribution in [0.3, 0.4) is 0 Å². The molecule has 2 unspecified atom stereocenters. The number of likely N-dealkylation sites (tertiary alicyclic amines) is 1. The number of hydrogen-bond donors (Lipinski definition) is 0. The highest BCUT2D eigenvalue weighted by Crippen LogP contribution is 2.18. The summed E-state index contributed by atoms with van der Waals surface area (Å²) in [5.74, 6) is 1.27. The molecule has 70 valence electrons. The first-order valence-electron chi connectivity index (χ1n) is 4.94. The zero-order chi connectivity index (χ0) is 9.14. The van der Waals surface area contributed by atoms with Crippen LogP contribution in [0.4, 0.5) is 0 Å². The summed E-state index contributed by atoms with van der Waals surface area (Å²) in [5, 5.41) is 0. The molecular weight excluding hydrogens is 150 g/mol. The maximum atomic E-state index is 11.6. The molecule has 1 rings (SSSR count). The Balaban J connectivity index is 2.43. The van der Waals surface area contributed by atoms with Crippen LogP contribution < -0.4 is 0 Å². The zero-order valence-corrected chi connectivity index (χ0v) is 8.34. The maximum absolute atomic E-state index is 11.6. The molecule has 0 bridgehead atoms. The average molecular weight is 169 g/mol. The van der Waals surface area contributed by atoms with Crippen LogP contribution in [-0.2, 0) is 4.79 Å². The lowest BCUT2D eigenvalue weighted by atomic mass is 10.1. The number of amides is 1. The Labute approximate surface area is 74.9 Å². The number of carbonyl (C=O) groups is 1. The van der Waals surface area contributed by atoms with Crippen LogP contribution in [0.1, 0.15) is 33.6 Å². The normalized spacial score (nSPS) is 25.9. The van der Waals surface area contributed by atoms with E-state index >= 15 is 0 Å². The Hall–Kier alpha value is -0.530. The fraction of sp³-hybridized carbons (Fsp3) is 0.900. The van der Waals surface area contributed by atoms with Crippen molar-refractivity contribution in [3.63, 3.8) is 0 Å². The van der Waals surface area contributed by atoms with Crippen LogP contribution in [0.25, 0.3) is 0 Å². The third kappa shape index (κ3) is 1.99.